The fraction of sp³-hybridized carbons (Fsp3) is 0.462. The minimum absolute atomic E-state index is 0.0476. The summed E-state index contributed by atoms with van der Waals surface area (Å²) in [6.45, 7) is 4.12. The van der Waals surface area contributed by atoms with E-state index in [4.69, 9.17) is 16.3 Å². The summed E-state index contributed by atoms with van der Waals surface area (Å²) in [5, 5.41) is -0.102. The molecule has 8 heteroatoms. The first-order valence-electron chi connectivity index (χ1n) is 6.50. The van der Waals surface area contributed by atoms with Crippen molar-refractivity contribution in [3.05, 3.63) is 29.5 Å². The third-order valence-corrected chi connectivity index (χ3v) is 5.05. The van der Waals surface area contributed by atoms with Gasteiger partial charge in [-0.05, 0) is 18.1 Å². The van der Waals surface area contributed by atoms with Crippen LogP contribution in [0.15, 0.2) is 29.4 Å². The zero-order valence-corrected chi connectivity index (χ0v) is 13.6. The number of nitrogens with one attached hydrogen (secondary N) is 1. The largest absolute Gasteiger partial charge is 0.383 e. The highest BCUT2D eigenvalue weighted by molar-refractivity contribution is 7.89. The molecule has 0 radical (unpaired) electrons. The second kappa shape index (κ2) is 6.31. The van der Waals surface area contributed by atoms with Crippen LogP contribution in [-0.2, 0) is 14.8 Å². The quantitative estimate of drug-likeness (QED) is 0.878. The topological polar surface area (TPSA) is 72.7 Å². The molecule has 116 valence electrons. The Hall–Kier alpha value is -1.15. The Morgan fingerprint density at radius 1 is 1.43 bits per heavy atom. The number of hydrogen-bond donors (Lipinski definition) is 1. The van der Waals surface area contributed by atoms with E-state index in [0.29, 0.717) is 5.65 Å². The van der Waals surface area contributed by atoms with Crippen LogP contribution in [0.3, 0.4) is 0 Å². The van der Waals surface area contributed by atoms with Crippen molar-refractivity contribution in [1.29, 1.82) is 0 Å². The highest BCUT2D eigenvalue weighted by Gasteiger charge is 2.28. The molecular formula is C13H18ClN3O3S. The molecule has 2 aromatic rings. The molecule has 0 amide bonds. The summed E-state index contributed by atoms with van der Waals surface area (Å²) < 4.78 is 34.4. The first-order valence-corrected chi connectivity index (χ1v) is 8.36. The minimum Gasteiger partial charge on any atom is -0.383 e. The standard InChI is InChI=1S/C13H18ClN3O3S/c1-9(2)10(8-20-3)16-21(18,19)13-12(14)15-11-6-4-5-7-17(11)13/h4-7,9-10,16H,8H2,1-3H3. The van der Waals surface area contributed by atoms with Crippen molar-refractivity contribution < 1.29 is 13.2 Å². The number of halogens is 1. The van der Waals surface area contributed by atoms with Gasteiger partial charge in [-0.1, -0.05) is 31.5 Å². The van der Waals surface area contributed by atoms with Crippen molar-refractivity contribution in [2.45, 2.75) is 24.9 Å². The van der Waals surface area contributed by atoms with Crippen LogP contribution in [0.1, 0.15) is 13.8 Å². The highest BCUT2D eigenvalue weighted by atomic mass is 35.5. The molecule has 2 aromatic heterocycles. The third-order valence-electron chi connectivity index (χ3n) is 3.16. The van der Waals surface area contributed by atoms with Crippen molar-refractivity contribution in [1.82, 2.24) is 14.1 Å². The van der Waals surface area contributed by atoms with Crippen molar-refractivity contribution in [2.24, 2.45) is 5.92 Å². The van der Waals surface area contributed by atoms with E-state index in [1.54, 1.807) is 24.4 Å². The van der Waals surface area contributed by atoms with E-state index in [1.165, 1.54) is 11.5 Å². The van der Waals surface area contributed by atoms with Crippen molar-refractivity contribution >= 4 is 27.3 Å². The molecule has 0 aromatic carbocycles. The van der Waals surface area contributed by atoms with Crippen LogP contribution in [0.5, 0.6) is 0 Å². The predicted octanol–water partition coefficient (Wildman–Crippen LogP) is 1.94. The van der Waals surface area contributed by atoms with Crippen LogP contribution in [0, 0.1) is 5.92 Å². The molecule has 1 N–H and O–H groups in total. The van der Waals surface area contributed by atoms with Crippen molar-refractivity contribution in [3.63, 3.8) is 0 Å². The Kier molecular flexibility index (Phi) is 4.88. The molecule has 6 nitrogen and oxygen atoms in total. The summed E-state index contributed by atoms with van der Waals surface area (Å²) in [5.41, 5.74) is 0.482. The molecule has 0 aliphatic heterocycles. The molecule has 1 atom stereocenters. The zero-order chi connectivity index (χ0) is 15.6. The summed E-state index contributed by atoms with van der Waals surface area (Å²) in [6.07, 6.45) is 1.61. The van der Waals surface area contributed by atoms with Crippen LogP contribution in [-0.4, -0.2) is 37.6 Å². The number of ether oxygens (including phenoxy) is 1. The lowest BCUT2D eigenvalue weighted by molar-refractivity contribution is 0.157. The lowest BCUT2D eigenvalue weighted by Gasteiger charge is -2.21. The average molecular weight is 332 g/mol. The summed E-state index contributed by atoms with van der Waals surface area (Å²) in [7, 11) is -2.27. The molecule has 0 aliphatic carbocycles. The maximum atomic E-state index is 12.6. The smallest absolute Gasteiger partial charge is 0.260 e. The van der Waals surface area contributed by atoms with Gasteiger partial charge < -0.3 is 4.74 Å². The Morgan fingerprint density at radius 3 is 2.76 bits per heavy atom. The van der Waals surface area contributed by atoms with Crippen LogP contribution in [0.4, 0.5) is 0 Å². The number of hydrogen-bond acceptors (Lipinski definition) is 4. The van der Waals surface area contributed by atoms with Gasteiger partial charge in [0.25, 0.3) is 10.0 Å². The van der Waals surface area contributed by atoms with E-state index in [2.05, 4.69) is 9.71 Å². The molecule has 0 aliphatic rings. The van der Waals surface area contributed by atoms with Crippen molar-refractivity contribution in [2.75, 3.05) is 13.7 Å². The second-order valence-electron chi connectivity index (χ2n) is 5.06. The minimum atomic E-state index is -3.80. The van der Waals surface area contributed by atoms with E-state index in [9.17, 15) is 8.42 Å². The van der Waals surface area contributed by atoms with Gasteiger partial charge in [-0.25, -0.2) is 18.1 Å². The van der Waals surface area contributed by atoms with Crippen LogP contribution < -0.4 is 4.72 Å². The van der Waals surface area contributed by atoms with E-state index < -0.39 is 10.0 Å². The van der Waals surface area contributed by atoms with Gasteiger partial charge in [-0.2, -0.15) is 0 Å². The molecule has 0 saturated heterocycles. The molecule has 2 rings (SSSR count). The molecular weight excluding hydrogens is 314 g/mol. The normalized spacial score (nSPS) is 14.0. The fourth-order valence-electron chi connectivity index (χ4n) is 1.98. The molecule has 0 spiro atoms. The van der Waals surface area contributed by atoms with Crippen LogP contribution in [0.2, 0.25) is 5.15 Å². The molecule has 0 bridgehead atoms. The number of methoxy groups -OCH3 is 1. The van der Waals surface area contributed by atoms with Crippen LogP contribution in [0.25, 0.3) is 5.65 Å². The zero-order valence-electron chi connectivity index (χ0n) is 12.1. The fourth-order valence-corrected chi connectivity index (χ4v) is 4.00. The Morgan fingerprint density at radius 2 is 2.14 bits per heavy atom. The van der Waals surface area contributed by atoms with E-state index in [0.717, 1.165) is 0 Å². The van der Waals surface area contributed by atoms with Gasteiger partial charge in [0.05, 0.1) is 6.61 Å². The molecule has 0 saturated carbocycles. The number of sulfonamides is 1. The van der Waals surface area contributed by atoms with Gasteiger partial charge in [0.2, 0.25) is 0 Å². The lowest BCUT2D eigenvalue weighted by atomic mass is 10.1. The molecule has 0 fully saturated rings. The third kappa shape index (κ3) is 3.37. The molecule has 21 heavy (non-hydrogen) atoms. The Bertz CT molecular complexity index is 727. The SMILES string of the molecule is COCC(NS(=O)(=O)c1c(Cl)nc2ccccn12)C(C)C. The lowest BCUT2D eigenvalue weighted by Crippen LogP contribution is -2.42. The summed E-state index contributed by atoms with van der Waals surface area (Å²) in [6, 6.07) is 4.84. The number of nitrogens with zero attached hydrogens (tertiary/aromatic N) is 2. The van der Waals surface area contributed by atoms with Crippen LogP contribution >= 0.6 is 11.6 Å². The average Bonchev–Trinajstić information content (AvgIpc) is 2.74. The molecule has 2 heterocycles. The molecule has 1 unspecified atom stereocenters. The van der Waals surface area contributed by atoms with Crippen molar-refractivity contribution in [3.8, 4) is 0 Å². The van der Waals surface area contributed by atoms with E-state index >= 15 is 0 Å². The number of fused-ring (bicyclic) bond motifs is 1. The number of pyridine rings is 1. The van der Waals surface area contributed by atoms with E-state index in [1.807, 2.05) is 13.8 Å². The predicted molar refractivity (Wildman–Crippen MR) is 81.0 cm³/mol. The summed E-state index contributed by atoms with van der Waals surface area (Å²) >= 11 is 6.01. The van der Waals surface area contributed by atoms with Gasteiger partial charge in [0, 0.05) is 19.3 Å². The van der Waals surface area contributed by atoms with Gasteiger partial charge in [-0.3, -0.25) is 4.40 Å². The maximum Gasteiger partial charge on any atom is 0.260 e. The van der Waals surface area contributed by atoms with Gasteiger partial charge in [0.15, 0.2) is 10.2 Å². The van der Waals surface area contributed by atoms with E-state index in [-0.39, 0.29) is 28.7 Å². The van der Waals surface area contributed by atoms with Gasteiger partial charge in [0.1, 0.15) is 5.65 Å². The summed E-state index contributed by atoms with van der Waals surface area (Å²) in [5.74, 6) is 0.0812. The number of aromatic nitrogens is 2. The number of rotatable bonds is 6. The van der Waals surface area contributed by atoms with Gasteiger partial charge >= 0.3 is 0 Å². The summed E-state index contributed by atoms with van der Waals surface area (Å²) in [4.78, 5) is 4.06. The monoisotopic (exact) mass is 331 g/mol. The Balaban J connectivity index is 2.44. The Labute approximate surface area is 129 Å². The number of imidazole rings is 1. The highest BCUT2D eigenvalue weighted by Crippen LogP contribution is 2.23. The maximum absolute atomic E-state index is 12.6. The van der Waals surface area contributed by atoms with Gasteiger partial charge in [-0.15, -0.1) is 0 Å². The second-order valence-corrected chi connectivity index (χ2v) is 7.05. The first-order chi connectivity index (χ1) is 9.86. The first kappa shape index (κ1) is 16.2.